The maximum absolute atomic E-state index is 12.8. The zero-order chi connectivity index (χ0) is 23.0. The van der Waals surface area contributed by atoms with E-state index in [9.17, 15) is 19.9 Å². The van der Waals surface area contributed by atoms with Crippen molar-refractivity contribution in [2.24, 2.45) is 5.16 Å². The van der Waals surface area contributed by atoms with Gasteiger partial charge in [0, 0.05) is 23.1 Å². The highest BCUT2D eigenvalue weighted by Crippen LogP contribution is 2.42. The summed E-state index contributed by atoms with van der Waals surface area (Å²) in [6.07, 6.45) is 2.40. The summed E-state index contributed by atoms with van der Waals surface area (Å²) < 4.78 is 0. The van der Waals surface area contributed by atoms with Gasteiger partial charge >= 0.3 is 6.09 Å². The molecule has 2 aromatic carbocycles. The largest absolute Gasteiger partial charge is 0.465 e. The van der Waals surface area contributed by atoms with E-state index < -0.39 is 11.6 Å². The van der Waals surface area contributed by atoms with Crippen LogP contribution in [0.4, 0.5) is 4.79 Å². The molecule has 1 aromatic heterocycles. The molecule has 166 valence electrons. The molecule has 0 radical (unpaired) electrons. The van der Waals surface area contributed by atoms with E-state index in [-0.39, 0.29) is 11.5 Å². The molecule has 0 atom stereocenters. The van der Waals surface area contributed by atoms with Gasteiger partial charge in [-0.15, -0.1) is 0 Å². The number of carboxylic acid groups (broad SMARTS) is 1. The monoisotopic (exact) mass is 441 g/mol. The predicted octanol–water partition coefficient (Wildman–Crippen LogP) is 5.02. The molecule has 0 bridgehead atoms. The average molecular weight is 441 g/mol. The Morgan fingerprint density at radius 3 is 2.30 bits per heavy atom. The number of benzene rings is 2. The Morgan fingerprint density at radius 1 is 0.970 bits per heavy atom. The number of fused-ring (bicyclic) bond motifs is 1. The average Bonchev–Trinajstić information content (AvgIpc) is 2.82. The number of nitrogens with one attached hydrogen (secondary N) is 1. The molecule has 0 saturated heterocycles. The van der Waals surface area contributed by atoms with E-state index >= 15 is 0 Å². The third kappa shape index (κ3) is 3.65. The van der Waals surface area contributed by atoms with Gasteiger partial charge in [-0.25, -0.2) is 4.79 Å². The minimum absolute atomic E-state index is 0.150. The fourth-order valence-electron chi connectivity index (χ4n) is 4.77. The van der Waals surface area contributed by atoms with E-state index in [0.29, 0.717) is 24.1 Å². The number of aryl methyl sites for hydroxylation is 1. The van der Waals surface area contributed by atoms with E-state index in [0.717, 1.165) is 47.2 Å². The number of Topliss-reactive ketones (excluding diaryl/α,β-unsaturated/α-hetero) is 1. The lowest BCUT2D eigenvalue weighted by Gasteiger charge is -2.42. The fourth-order valence-corrected chi connectivity index (χ4v) is 4.77. The molecule has 3 N–H and O–H groups in total. The number of rotatable bonds is 4. The van der Waals surface area contributed by atoms with Crippen molar-refractivity contribution >= 4 is 17.6 Å². The number of amides is 1. The van der Waals surface area contributed by atoms with E-state index in [1.54, 1.807) is 0 Å². The lowest BCUT2D eigenvalue weighted by atomic mass is 9.71. The van der Waals surface area contributed by atoms with Gasteiger partial charge in [0.25, 0.3) is 0 Å². The topological polar surface area (TPSA) is 112 Å². The molecule has 5 rings (SSSR count). The molecular formula is C26H23N3O4. The Morgan fingerprint density at radius 2 is 1.70 bits per heavy atom. The summed E-state index contributed by atoms with van der Waals surface area (Å²) in [6.45, 7) is 0. The Hall–Kier alpha value is -4.00. The zero-order valence-corrected chi connectivity index (χ0v) is 17.9. The molecule has 0 spiro atoms. The first kappa shape index (κ1) is 20.9. The summed E-state index contributed by atoms with van der Waals surface area (Å²) in [6, 6.07) is 19.4. The first-order chi connectivity index (χ1) is 16.0. The highest BCUT2D eigenvalue weighted by Gasteiger charge is 2.40. The fraction of sp³-hybridized carbons (Fsp3) is 0.231. The number of aromatic nitrogens is 1. The standard InChI is InChI=1S/C26H23N3O4/c30-24-20-15-19(16-5-2-1-3-6-16)23(27-21(20)11-12-22(24)29-33)17-7-9-18(10-8-17)26(13-4-14-26)28-25(31)32/h1-3,5-10,15,28,33H,4,11-14H2,(H,31,32)/b29-22+. The SMILES string of the molecule is O=C(O)NC1(c2ccc(-c3nc4c(cc3-c3ccccc3)C(=O)/C(=N/O)CC4)cc2)CCC1. The van der Waals surface area contributed by atoms with Gasteiger partial charge in [-0.3, -0.25) is 9.78 Å². The summed E-state index contributed by atoms with van der Waals surface area (Å²) in [7, 11) is 0. The first-order valence-corrected chi connectivity index (χ1v) is 11.0. The number of hydrogen-bond acceptors (Lipinski definition) is 5. The highest BCUT2D eigenvalue weighted by molar-refractivity contribution is 6.47. The van der Waals surface area contributed by atoms with Crippen molar-refractivity contribution in [2.45, 2.75) is 37.6 Å². The molecule has 2 aliphatic carbocycles. The van der Waals surface area contributed by atoms with Crippen molar-refractivity contribution < 1.29 is 19.9 Å². The van der Waals surface area contributed by atoms with Gasteiger partial charge in [0.05, 0.1) is 16.9 Å². The molecule has 33 heavy (non-hydrogen) atoms. The van der Waals surface area contributed by atoms with E-state index in [2.05, 4.69) is 10.5 Å². The van der Waals surface area contributed by atoms with Crippen LogP contribution in [0.15, 0.2) is 65.8 Å². The van der Waals surface area contributed by atoms with Crippen molar-refractivity contribution in [1.82, 2.24) is 10.3 Å². The minimum Gasteiger partial charge on any atom is -0.465 e. The second-order valence-corrected chi connectivity index (χ2v) is 8.56. The van der Waals surface area contributed by atoms with E-state index in [1.807, 2.05) is 60.7 Å². The number of carbonyl (C=O) groups excluding carboxylic acids is 1. The van der Waals surface area contributed by atoms with Crippen molar-refractivity contribution in [2.75, 3.05) is 0 Å². The third-order valence-corrected chi connectivity index (χ3v) is 6.68. The zero-order valence-electron chi connectivity index (χ0n) is 17.9. The molecule has 2 aliphatic rings. The molecule has 1 heterocycles. The summed E-state index contributed by atoms with van der Waals surface area (Å²) in [5.74, 6) is -0.294. The molecule has 0 unspecified atom stereocenters. The molecular weight excluding hydrogens is 418 g/mol. The number of oxime groups is 1. The number of carbonyl (C=O) groups is 2. The maximum Gasteiger partial charge on any atom is 0.405 e. The second-order valence-electron chi connectivity index (χ2n) is 8.56. The molecule has 1 fully saturated rings. The normalized spacial score (nSPS) is 17.8. The van der Waals surface area contributed by atoms with E-state index in [1.165, 1.54) is 0 Å². The van der Waals surface area contributed by atoms with Gasteiger partial charge in [-0.1, -0.05) is 59.8 Å². The molecule has 7 nitrogen and oxygen atoms in total. The van der Waals surface area contributed by atoms with Crippen LogP contribution in [-0.2, 0) is 12.0 Å². The van der Waals surface area contributed by atoms with Gasteiger partial charge in [0.1, 0.15) is 5.71 Å². The van der Waals surface area contributed by atoms with Crippen LogP contribution in [-0.4, -0.2) is 32.9 Å². The first-order valence-electron chi connectivity index (χ1n) is 11.0. The predicted molar refractivity (Wildman–Crippen MR) is 124 cm³/mol. The number of ketones is 1. The lowest BCUT2D eigenvalue weighted by Crippen LogP contribution is -2.50. The molecule has 3 aromatic rings. The summed E-state index contributed by atoms with van der Waals surface area (Å²) in [5, 5.41) is 24.3. The number of nitrogens with zero attached hydrogens (tertiary/aromatic N) is 2. The van der Waals surface area contributed by atoms with Crippen LogP contribution in [0.25, 0.3) is 22.4 Å². The number of hydrogen-bond donors (Lipinski definition) is 3. The molecule has 1 amide bonds. The Labute approximate surface area is 190 Å². The van der Waals surface area contributed by atoms with Gasteiger partial charge in [-0.2, -0.15) is 0 Å². The quantitative estimate of drug-likeness (QED) is 0.389. The van der Waals surface area contributed by atoms with E-state index in [4.69, 9.17) is 4.98 Å². The number of pyridine rings is 1. The van der Waals surface area contributed by atoms with Gasteiger partial charge < -0.3 is 15.6 Å². The van der Waals surface area contributed by atoms with Crippen LogP contribution in [0.1, 0.15) is 47.3 Å². The Balaban J connectivity index is 1.61. The van der Waals surface area contributed by atoms with Crippen LogP contribution >= 0.6 is 0 Å². The van der Waals surface area contributed by atoms with Crippen molar-refractivity contribution in [3.8, 4) is 22.4 Å². The van der Waals surface area contributed by atoms with Crippen molar-refractivity contribution in [3.63, 3.8) is 0 Å². The minimum atomic E-state index is -1.02. The summed E-state index contributed by atoms with van der Waals surface area (Å²) >= 11 is 0. The summed E-state index contributed by atoms with van der Waals surface area (Å²) in [4.78, 5) is 29.0. The lowest BCUT2D eigenvalue weighted by molar-refractivity contribution is 0.105. The summed E-state index contributed by atoms with van der Waals surface area (Å²) in [5.41, 5.74) is 5.11. The van der Waals surface area contributed by atoms with Gasteiger partial charge in [0.15, 0.2) is 0 Å². The Kier molecular flexibility index (Phi) is 5.17. The van der Waals surface area contributed by atoms with Gasteiger partial charge in [0.2, 0.25) is 5.78 Å². The van der Waals surface area contributed by atoms with Crippen LogP contribution in [0.3, 0.4) is 0 Å². The second kappa shape index (κ2) is 8.16. The smallest absolute Gasteiger partial charge is 0.405 e. The molecule has 7 heteroatoms. The third-order valence-electron chi connectivity index (χ3n) is 6.68. The van der Waals surface area contributed by atoms with Crippen molar-refractivity contribution in [3.05, 3.63) is 77.5 Å². The van der Waals surface area contributed by atoms with Crippen LogP contribution in [0.5, 0.6) is 0 Å². The van der Waals surface area contributed by atoms with Crippen LogP contribution in [0, 0.1) is 0 Å². The maximum atomic E-state index is 12.8. The molecule has 0 aliphatic heterocycles. The Bertz CT molecular complexity index is 1260. The van der Waals surface area contributed by atoms with Gasteiger partial charge in [-0.05, 0) is 42.9 Å². The van der Waals surface area contributed by atoms with Crippen LogP contribution < -0.4 is 5.32 Å². The molecule has 1 saturated carbocycles. The van der Waals surface area contributed by atoms with Crippen molar-refractivity contribution in [1.29, 1.82) is 0 Å². The van der Waals surface area contributed by atoms with Crippen LogP contribution in [0.2, 0.25) is 0 Å². The highest BCUT2D eigenvalue weighted by atomic mass is 16.4.